The molecular weight excluding hydrogens is 1100 g/mol. The summed E-state index contributed by atoms with van der Waals surface area (Å²) in [6, 6.07) is 10.00. The number of carbonyl (C=O) groups is 3. The van der Waals surface area contributed by atoms with Crippen molar-refractivity contribution in [3.8, 4) is 27.6 Å². The minimum Gasteiger partial charge on any atom is -0.461 e. The first kappa shape index (κ1) is 56.7. The second-order valence-electron chi connectivity index (χ2n) is 23.7. The highest BCUT2D eigenvalue weighted by atomic mass is 35.5. The van der Waals surface area contributed by atoms with E-state index in [0.29, 0.717) is 63.1 Å². The van der Waals surface area contributed by atoms with Crippen LogP contribution in [0.15, 0.2) is 48.0 Å². The van der Waals surface area contributed by atoms with Gasteiger partial charge in [0, 0.05) is 66.9 Å². The summed E-state index contributed by atoms with van der Waals surface area (Å²) in [5.74, 6) is -1.81. The monoisotopic (exact) mass is 1160 g/mol. The number of ether oxygens (including phenoxy) is 1. The fourth-order valence-corrected chi connectivity index (χ4v) is 15.3. The van der Waals surface area contributed by atoms with Crippen LogP contribution in [0.3, 0.4) is 0 Å². The van der Waals surface area contributed by atoms with E-state index in [1.165, 1.54) is 17.0 Å². The van der Waals surface area contributed by atoms with Gasteiger partial charge in [0.1, 0.15) is 35.8 Å². The molecule has 3 amide bonds. The van der Waals surface area contributed by atoms with E-state index in [2.05, 4.69) is 30.3 Å². The SMILES string of the molecule is [C-]#[N+]c1c(N)sc2c(F)ccc(-c3c(Cl)cc4c(N5CC6CCC(C5)N6)nc(OC[C@]5(CO)CCCN5CCC[C@H]5CCC(=O)N5[C@H](C(=O)N5C[C@H](O)C[C@H]5C(=O)N[C@@H](C)c5ccc(-c6scnc6C)cc5)C(C)(C)C)nc4c3F)c12. The molecule has 3 aromatic carbocycles. The Bertz CT molecular complexity index is 3450. The number of halogens is 3. The molecule has 0 radical (unpaired) electrons. The van der Waals surface area contributed by atoms with Crippen molar-refractivity contribution in [3.05, 3.63) is 87.3 Å². The Hall–Kier alpha value is -6.12. The maximum atomic E-state index is 17.5. The van der Waals surface area contributed by atoms with Crippen LogP contribution in [0, 0.1) is 30.5 Å². The Morgan fingerprint density at radius 2 is 1.85 bits per heavy atom. The lowest BCUT2D eigenvalue weighted by molar-refractivity contribution is -0.152. The van der Waals surface area contributed by atoms with Gasteiger partial charge in [-0.3, -0.25) is 19.3 Å². The molecule has 2 unspecified atom stereocenters. The number of aromatic nitrogens is 3. The molecule has 81 heavy (non-hydrogen) atoms. The normalized spacial score (nSPS) is 23.9. The summed E-state index contributed by atoms with van der Waals surface area (Å²) < 4.78 is 39.4. The Kier molecular flexibility index (Phi) is 15.8. The molecule has 5 saturated heterocycles. The number of thiophene rings is 1. The lowest BCUT2D eigenvalue weighted by Gasteiger charge is -2.43. The number of carbonyl (C=O) groups excluding carboxylic acids is 3. The first-order chi connectivity index (χ1) is 38.8. The second-order valence-corrected chi connectivity index (χ2v) is 26.0. The van der Waals surface area contributed by atoms with Crippen LogP contribution in [0.2, 0.25) is 5.02 Å². The molecule has 17 nitrogen and oxygen atoms in total. The number of hydrogen-bond donors (Lipinski definition) is 5. The van der Waals surface area contributed by atoms with Crippen LogP contribution < -0.4 is 26.0 Å². The minimum absolute atomic E-state index is 0.0137. The molecule has 22 heteroatoms. The van der Waals surface area contributed by atoms with Gasteiger partial charge in [0.25, 0.3) is 0 Å². The van der Waals surface area contributed by atoms with Crippen molar-refractivity contribution in [1.82, 2.24) is 40.3 Å². The first-order valence-electron chi connectivity index (χ1n) is 28.0. The van der Waals surface area contributed by atoms with Gasteiger partial charge >= 0.3 is 6.01 Å². The molecule has 0 aliphatic carbocycles. The lowest BCUT2D eigenvalue weighted by atomic mass is 9.83. The summed E-state index contributed by atoms with van der Waals surface area (Å²) >= 11 is 9.48. The average molecular weight is 1160 g/mol. The fourth-order valence-electron chi connectivity index (χ4n) is 13.3. The van der Waals surface area contributed by atoms with Gasteiger partial charge in [-0.25, -0.2) is 18.6 Å². The van der Waals surface area contributed by atoms with Gasteiger partial charge < -0.3 is 46.0 Å². The first-order valence-corrected chi connectivity index (χ1v) is 30.0. The number of β-amino-alcohol motifs (C(OH)–C–C–N with tert-alkyl or cyclic N) is 1. The van der Waals surface area contributed by atoms with Gasteiger partial charge in [0.2, 0.25) is 23.4 Å². The summed E-state index contributed by atoms with van der Waals surface area (Å²) in [7, 11) is 0. The average Bonchev–Trinajstić information content (AvgIpc) is 4.15. The Morgan fingerprint density at radius 1 is 1.10 bits per heavy atom. The van der Waals surface area contributed by atoms with Gasteiger partial charge in [-0.2, -0.15) is 9.97 Å². The third-order valence-corrected chi connectivity index (χ3v) is 19.6. The highest BCUT2D eigenvalue weighted by molar-refractivity contribution is 7.23. The fraction of sp³-hybridized carbons (Fsp3) is 0.508. The summed E-state index contributed by atoms with van der Waals surface area (Å²) in [4.78, 5) is 69.3. The minimum atomic E-state index is -0.934. The zero-order valence-corrected chi connectivity index (χ0v) is 48.5. The van der Waals surface area contributed by atoms with Crippen molar-refractivity contribution in [2.24, 2.45) is 5.41 Å². The molecular formula is C59H68ClF2N11O6S2. The molecule has 6 N–H and O–H groups in total. The van der Waals surface area contributed by atoms with E-state index in [1.807, 2.05) is 64.4 Å². The van der Waals surface area contributed by atoms with Crippen LogP contribution in [-0.4, -0.2) is 145 Å². The van der Waals surface area contributed by atoms with Gasteiger partial charge in [-0.1, -0.05) is 62.7 Å². The standard InChI is InChI=1S/C59H68ClF2N11O6S2/c1-31(33-10-12-34(13-11-33)50-32(2)65-30-80-50)66-55(77)43-23-38(75)27-72(43)56(78)52(58(3,4)5)73-37(16-19-44(73)76)9-7-21-71-22-8-20-59(71,28-74)29-79-57-68-48-40(54(69-57)70-25-35-14-15-36(26-70)67-35)24-41(60)45(47(48)62)39-17-18-42(61)51-46(39)49(64-6)53(63)81-51/h10-13,17-18,24,30-31,35-38,43,52,67,74-75H,7-9,14-16,19-23,25-29,63H2,1-5H3,(H,66,77)/t31-,35?,36?,37-,38+,43-,52+,59+/m0/s1. The number of aliphatic hydroxyl groups is 2. The van der Waals surface area contributed by atoms with Crippen LogP contribution >= 0.6 is 34.3 Å². The second kappa shape index (κ2) is 22.6. The van der Waals surface area contributed by atoms with E-state index < -0.39 is 40.8 Å². The molecule has 428 valence electrons. The van der Waals surface area contributed by atoms with Gasteiger partial charge in [-0.15, -0.1) is 22.7 Å². The lowest BCUT2D eigenvalue weighted by Crippen LogP contribution is -2.59. The number of benzene rings is 3. The molecule has 5 aliphatic rings. The molecule has 0 spiro atoms. The number of nitrogens with one attached hydrogen (secondary N) is 2. The van der Waals surface area contributed by atoms with E-state index in [-0.39, 0.29) is 123 Å². The highest BCUT2D eigenvalue weighted by Crippen LogP contribution is 2.50. The molecule has 11 rings (SSSR count). The predicted octanol–water partition coefficient (Wildman–Crippen LogP) is 9.18. The number of likely N-dealkylation sites (tertiary alicyclic amines) is 3. The number of rotatable bonds is 16. The van der Waals surface area contributed by atoms with E-state index in [0.717, 1.165) is 52.3 Å². The van der Waals surface area contributed by atoms with Gasteiger partial charge in [-0.05, 0) is 106 Å². The van der Waals surface area contributed by atoms with Crippen LogP contribution in [0.25, 0.3) is 47.4 Å². The molecule has 8 atom stereocenters. The van der Waals surface area contributed by atoms with E-state index in [9.17, 15) is 24.6 Å². The van der Waals surface area contributed by atoms with Crippen molar-refractivity contribution in [3.63, 3.8) is 0 Å². The van der Waals surface area contributed by atoms with Crippen LogP contribution in [0.4, 0.5) is 25.3 Å². The van der Waals surface area contributed by atoms with Crippen LogP contribution in [0.5, 0.6) is 6.01 Å². The summed E-state index contributed by atoms with van der Waals surface area (Å²) in [6.07, 6.45) is 4.49. The largest absolute Gasteiger partial charge is 0.461 e. The van der Waals surface area contributed by atoms with Crippen molar-refractivity contribution in [1.29, 1.82) is 0 Å². The summed E-state index contributed by atoms with van der Waals surface area (Å²) in [5.41, 5.74) is 9.38. The van der Waals surface area contributed by atoms with Crippen LogP contribution in [-0.2, 0) is 14.4 Å². The zero-order valence-electron chi connectivity index (χ0n) is 46.1. The maximum Gasteiger partial charge on any atom is 0.319 e. The third-order valence-electron chi connectivity index (χ3n) is 17.3. The molecule has 2 bridgehead atoms. The number of hydrogen-bond acceptors (Lipinski definition) is 15. The number of aryl methyl sites for hydroxylation is 1. The molecule has 3 aromatic heterocycles. The van der Waals surface area contributed by atoms with Gasteiger partial charge in [0.05, 0.1) is 61.7 Å². The molecule has 8 heterocycles. The maximum absolute atomic E-state index is 17.5. The molecule has 6 aromatic rings. The number of amides is 3. The van der Waals surface area contributed by atoms with Gasteiger partial charge in [0.15, 0.2) is 5.82 Å². The number of fused-ring (bicyclic) bond motifs is 4. The number of anilines is 2. The quantitative estimate of drug-likeness (QED) is 0.0574. The summed E-state index contributed by atoms with van der Waals surface area (Å²) in [5, 5.41) is 29.7. The number of aliphatic hydroxyl groups excluding tert-OH is 2. The number of thiazole rings is 1. The number of nitrogen functional groups attached to an aromatic ring is 1. The van der Waals surface area contributed by atoms with E-state index in [1.54, 1.807) is 22.3 Å². The topological polar surface area (TPSA) is 207 Å². The highest BCUT2D eigenvalue weighted by Gasteiger charge is 2.51. The third kappa shape index (κ3) is 10.7. The Morgan fingerprint density at radius 3 is 2.54 bits per heavy atom. The number of nitrogens with two attached hydrogens (primary N) is 1. The van der Waals surface area contributed by atoms with Crippen LogP contribution in [0.1, 0.15) is 103 Å². The predicted molar refractivity (Wildman–Crippen MR) is 312 cm³/mol. The smallest absolute Gasteiger partial charge is 0.319 e. The van der Waals surface area contributed by atoms with E-state index in [4.69, 9.17) is 38.6 Å². The number of piperazine rings is 1. The van der Waals surface area contributed by atoms with Crippen molar-refractivity contribution in [2.45, 2.75) is 140 Å². The molecule has 5 fully saturated rings. The van der Waals surface area contributed by atoms with Crippen molar-refractivity contribution in [2.75, 3.05) is 56.6 Å². The summed E-state index contributed by atoms with van der Waals surface area (Å²) in [6.45, 7) is 19.6. The molecule has 0 saturated carbocycles. The van der Waals surface area contributed by atoms with Crippen molar-refractivity contribution >= 4 is 89.5 Å². The van der Waals surface area contributed by atoms with Crippen molar-refractivity contribution < 1.29 is 38.1 Å². The Labute approximate surface area is 482 Å². The molecule has 5 aliphatic heterocycles. The number of nitrogens with zero attached hydrogens (tertiary/aromatic N) is 8. The Balaban J connectivity index is 0.800. The van der Waals surface area contributed by atoms with E-state index >= 15 is 8.78 Å². The zero-order chi connectivity index (χ0) is 57.2.